The number of urea groups is 1. The number of hydrogen-bond donors (Lipinski definition) is 4. The molecule has 0 radical (unpaired) electrons. The standard InChI is InChI=1S/C13H19N3O4/c1-8-7-10(11(14-8)12(18)19)15-13(20)16(5-6-17)9-3-2-4-9/h7,9,14,17H,2-6H2,1H3,(H,15,20)(H,18,19). The van der Waals surface area contributed by atoms with E-state index in [2.05, 4.69) is 10.3 Å². The molecule has 0 spiro atoms. The van der Waals surface area contributed by atoms with Crippen molar-refractivity contribution in [1.82, 2.24) is 9.88 Å². The Bertz CT molecular complexity index is 508. The number of aromatic carboxylic acids is 1. The van der Waals surface area contributed by atoms with Gasteiger partial charge in [0, 0.05) is 18.3 Å². The molecular weight excluding hydrogens is 262 g/mol. The van der Waals surface area contributed by atoms with Crippen molar-refractivity contribution in [2.75, 3.05) is 18.5 Å². The quantitative estimate of drug-likeness (QED) is 0.654. The fraction of sp³-hybridized carbons (Fsp3) is 0.538. The van der Waals surface area contributed by atoms with Gasteiger partial charge in [-0.15, -0.1) is 0 Å². The van der Waals surface area contributed by atoms with Crippen LogP contribution in [0.5, 0.6) is 0 Å². The van der Waals surface area contributed by atoms with Gasteiger partial charge in [-0.3, -0.25) is 0 Å². The van der Waals surface area contributed by atoms with Gasteiger partial charge >= 0.3 is 12.0 Å². The zero-order valence-electron chi connectivity index (χ0n) is 11.3. The molecule has 7 nitrogen and oxygen atoms in total. The second-order valence-corrected chi connectivity index (χ2v) is 4.98. The third kappa shape index (κ3) is 2.93. The van der Waals surface area contributed by atoms with Crippen molar-refractivity contribution in [3.05, 3.63) is 17.5 Å². The molecule has 2 rings (SSSR count). The summed E-state index contributed by atoms with van der Waals surface area (Å²) in [5, 5.41) is 20.7. The van der Waals surface area contributed by atoms with Gasteiger partial charge in [-0.25, -0.2) is 9.59 Å². The number of hydrogen-bond acceptors (Lipinski definition) is 3. The minimum absolute atomic E-state index is 0.0339. The van der Waals surface area contributed by atoms with Crippen LogP contribution in [0.1, 0.15) is 35.4 Å². The Balaban J connectivity index is 2.11. The predicted octanol–water partition coefficient (Wildman–Crippen LogP) is 1.40. The number of aromatic nitrogens is 1. The lowest BCUT2D eigenvalue weighted by Crippen LogP contribution is -2.47. The highest BCUT2D eigenvalue weighted by molar-refractivity contribution is 5.99. The number of amides is 2. The lowest BCUT2D eigenvalue weighted by molar-refractivity contribution is 0.0692. The first kappa shape index (κ1) is 14.4. The number of rotatable bonds is 5. The number of carbonyl (C=O) groups is 2. The molecule has 0 aliphatic heterocycles. The molecular formula is C13H19N3O4. The van der Waals surface area contributed by atoms with Gasteiger partial charge in [0.05, 0.1) is 12.3 Å². The Morgan fingerprint density at radius 3 is 2.70 bits per heavy atom. The van der Waals surface area contributed by atoms with Gasteiger partial charge in [0.25, 0.3) is 0 Å². The van der Waals surface area contributed by atoms with Crippen LogP contribution in [0.3, 0.4) is 0 Å². The van der Waals surface area contributed by atoms with E-state index in [1.54, 1.807) is 17.9 Å². The van der Waals surface area contributed by atoms with E-state index >= 15 is 0 Å². The van der Waals surface area contributed by atoms with E-state index in [4.69, 9.17) is 10.2 Å². The first-order valence-corrected chi connectivity index (χ1v) is 6.64. The zero-order valence-corrected chi connectivity index (χ0v) is 11.3. The van der Waals surface area contributed by atoms with Gasteiger partial charge in [0.1, 0.15) is 5.69 Å². The number of carbonyl (C=O) groups excluding carboxylic acids is 1. The topological polar surface area (TPSA) is 106 Å². The van der Waals surface area contributed by atoms with Crippen LogP contribution in [-0.2, 0) is 0 Å². The molecule has 0 bridgehead atoms. The molecule has 0 unspecified atom stereocenters. The minimum Gasteiger partial charge on any atom is -0.477 e. The first-order valence-electron chi connectivity index (χ1n) is 6.64. The summed E-state index contributed by atoms with van der Waals surface area (Å²) in [6, 6.07) is 1.35. The van der Waals surface area contributed by atoms with E-state index in [0.29, 0.717) is 5.69 Å². The molecule has 2 amide bonds. The lowest BCUT2D eigenvalue weighted by Gasteiger charge is -2.37. The van der Waals surface area contributed by atoms with Crippen LogP contribution in [0.2, 0.25) is 0 Å². The van der Waals surface area contributed by atoms with E-state index < -0.39 is 5.97 Å². The van der Waals surface area contributed by atoms with Crippen LogP contribution in [0.15, 0.2) is 6.07 Å². The molecule has 1 heterocycles. The van der Waals surface area contributed by atoms with Gasteiger partial charge in [-0.05, 0) is 32.3 Å². The van der Waals surface area contributed by atoms with Gasteiger partial charge in [0.2, 0.25) is 0 Å². The second kappa shape index (κ2) is 5.96. The zero-order chi connectivity index (χ0) is 14.7. The number of H-pyrrole nitrogens is 1. The third-order valence-corrected chi connectivity index (χ3v) is 3.53. The number of carboxylic acid groups (broad SMARTS) is 1. The molecule has 0 aromatic carbocycles. The molecule has 1 fully saturated rings. The normalized spacial score (nSPS) is 14.7. The summed E-state index contributed by atoms with van der Waals surface area (Å²) in [7, 11) is 0. The minimum atomic E-state index is -1.12. The molecule has 0 atom stereocenters. The molecule has 1 saturated carbocycles. The number of carboxylic acids is 1. The summed E-state index contributed by atoms with van der Waals surface area (Å²) in [5.74, 6) is -1.12. The second-order valence-electron chi connectivity index (χ2n) is 4.98. The third-order valence-electron chi connectivity index (χ3n) is 3.53. The Morgan fingerprint density at radius 2 is 2.20 bits per heavy atom. The largest absolute Gasteiger partial charge is 0.477 e. The lowest BCUT2D eigenvalue weighted by atomic mass is 9.92. The van der Waals surface area contributed by atoms with Crippen LogP contribution >= 0.6 is 0 Å². The Hall–Kier alpha value is -2.02. The average Bonchev–Trinajstić information content (AvgIpc) is 2.67. The van der Waals surface area contributed by atoms with Crippen LogP contribution in [-0.4, -0.2) is 51.3 Å². The van der Waals surface area contributed by atoms with E-state index in [-0.39, 0.29) is 36.6 Å². The number of aliphatic hydroxyl groups is 1. The molecule has 0 saturated heterocycles. The Kier molecular flexibility index (Phi) is 4.29. The summed E-state index contributed by atoms with van der Waals surface area (Å²) in [6.45, 7) is 1.86. The Labute approximate surface area is 116 Å². The van der Waals surface area contributed by atoms with Gasteiger partial charge < -0.3 is 25.4 Å². The van der Waals surface area contributed by atoms with Crippen LogP contribution in [0, 0.1) is 6.92 Å². The molecule has 20 heavy (non-hydrogen) atoms. The highest BCUT2D eigenvalue weighted by Gasteiger charge is 2.29. The summed E-state index contributed by atoms with van der Waals surface area (Å²) in [4.78, 5) is 27.6. The van der Waals surface area contributed by atoms with Gasteiger partial charge in [0.15, 0.2) is 0 Å². The number of aryl methyl sites for hydroxylation is 1. The summed E-state index contributed by atoms with van der Waals surface area (Å²) >= 11 is 0. The maximum Gasteiger partial charge on any atom is 0.354 e. The molecule has 1 aromatic rings. The van der Waals surface area contributed by atoms with Gasteiger partial charge in [-0.1, -0.05) is 0 Å². The van der Waals surface area contributed by atoms with Crippen molar-refractivity contribution in [2.45, 2.75) is 32.2 Å². The van der Waals surface area contributed by atoms with Gasteiger partial charge in [-0.2, -0.15) is 0 Å². The summed E-state index contributed by atoms with van der Waals surface area (Å²) in [5.41, 5.74) is 0.880. The molecule has 1 aromatic heterocycles. The number of nitrogens with one attached hydrogen (secondary N) is 2. The fourth-order valence-corrected chi connectivity index (χ4v) is 2.30. The van der Waals surface area contributed by atoms with Crippen molar-refractivity contribution in [2.24, 2.45) is 0 Å². The smallest absolute Gasteiger partial charge is 0.354 e. The number of anilines is 1. The van der Waals surface area contributed by atoms with Crippen LogP contribution in [0.4, 0.5) is 10.5 Å². The summed E-state index contributed by atoms with van der Waals surface area (Å²) < 4.78 is 0. The predicted molar refractivity (Wildman–Crippen MR) is 72.9 cm³/mol. The molecule has 7 heteroatoms. The van der Waals surface area contributed by atoms with E-state index in [0.717, 1.165) is 19.3 Å². The highest BCUT2D eigenvalue weighted by atomic mass is 16.4. The number of aliphatic hydroxyl groups excluding tert-OH is 1. The Morgan fingerprint density at radius 1 is 1.50 bits per heavy atom. The fourth-order valence-electron chi connectivity index (χ4n) is 2.30. The number of nitrogens with zero attached hydrogens (tertiary/aromatic N) is 1. The van der Waals surface area contributed by atoms with Crippen molar-refractivity contribution in [3.63, 3.8) is 0 Å². The summed E-state index contributed by atoms with van der Waals surface area (Å²) in [6.07, 6.45) is 2.92. The average molecular weight is 281 g/mol. The molecule has 1 aliphatic carbocycles. The van der Waals surface area contributed by atoms with E-state index in [9.17, 15) is 9.59 Å². The number of aromatic amines is 1. The SMILES string of the molecule is Cc1cc(NC(=O)N(CCO)C2CCC2)c(C(=O)O)[nH]1. The highest BCUT2D eigenvalue weighted by Crippen LogP contribution is 2.26. The van der Waals surface area contributed by atoms with Crippen LogP contribution in [0.25, 0.3) is 0 Å². The molecule has 4 N–H and O–H groups in total. The molecule has 110 valence electrons. The van der Waals surface area contributed by atoms with Crippen LogP contribution < -0.4 is 5.32 Å². The van der Waals surface area contributed by atoms with E-state index in [1.165, 1.54) is 0 Å². The van der Waals surface area contributed by atoms with Crippen molar-refractivity contribution >= 4 is 17.7 Å². The van der Waals surface area contributed by atoms with Crippen molar-refractivity contribution in [1.29, 1.82) is 0 Å². The van der Waals surface area contributed by atoms with E-state index in [1.807, 2.05) is 0 Å². The van der Waals surface area contributed by atoms with Crippen molar-refractivity contribution in [3.8, 4) is 0 Å². The maximum atomic E-state index is 12.2. The monoisotopic (exact) mass is 281 g/mol. The first-order chi connectivity index (χ1) is 9.52. The molecule has 1 aliphatic rings. The maximum absolute atomic E-state index is 12.2. The van der Waals surface area contributed by atoms with Crippen molar-refractivity contribution < 1.29 is 19.8 Å².